The number of hydrogen-bond acceptors (Lipinski definition) is 4. The molecule has 1 aromatic heterocycles. The van der Waals surface area contributed by atoms with Gasteiger partial charge < -0.3 is 5.73 Å². The number of halogens is 1. The molecule has 0 bridgehead atoms. The van der Waals surface area contributed by atoms with Crippen molar-refractivity contribution in [1.82, 2.24) is 4.98 Å². The normalized spacial score (nSPS) is 13.4. The molecule has 0 saturated carbocycles. The Bertz CT molecular complexity index is 485. The Hall–Kier alpha value is -1.54. The SMILES string of the molecule is NC(=O)C(CS(=O)(=O)O)c1ccc(F)cn1. The van der Waals surface area contributed by atoms with Gasteiger partial charge in [-0.25, -0.2) is 4.39 Å². The van der Waals surface area contributed by atoms with Crippen LogP contribution in [-0.4, -0.2) is 29.6 Å². The molecule has 1 rings (SSSR count). The molecule has 6 nitrogen and oxygen atoms in total. The van der Waals surface area contributed by atoms with Crippen LogP contribution in [-0.2, 0) is 14.9 Å². The Morgan fingerprint density at radius 2 is 2.19 bits per heavy atom. The molecule has 88 valence electrons. The molecule has 0 aromatic carbocycles. The third-order valence-corrected chi connectivity index (χ3v) is 2.58. The Labute approximate surface area is 91.0 Å². The van der Waals surface area contributed by atoms with Crippen LogP contribution in [0.5, 0.6) is 0 Å². The van der Waals surface area contributed by atoms with E-state index in [9.17, 15) is 17.6 Å². The molecule has 3 N–H and O–H groups in total. The Morgan fingerprint density at radius 3 is 2.56 bits per heavy atom. The van der Waals surface area contributed by atoms with Crippen molar-refractivity contribution in [2.45, 2.75) is 5.92 Å². The van der Waals surface area contributed by atoms with Crippen molar-refractivity contribution in [3.63, 3.8) is 0 Å². The van der Waals surface area contributed by atoms with Gasteiger partial charge in [0.1, 0.15) is 5.82 Å². The number of amides is 1. The number of nitrogens with two attached hydrogens (primary N) is 1. The molecule has 1 unspecified atom stereocenters. The van der Waals surface area contributed by atoms with Crippen LogP contribution in [0.4, 0.5) is 4.39 Å². The molecule has 0 aliphatic heterocycles. The van der Waals surface area contributed by atoms with E-state index in [1.807, 2.05) is 0 Å². The topological polar surface area (TPSA) is 110 Å². The van der Waals surface area contributed by atoms with Gasteiger partial charge in [0.15, 0.2) is 0 Å². The van der Waals surface area contributed by atoms with Gasteiger partial charge in [-0.1, -0.05) is 0 Å². The van der Waals surface area contributed by atoms with Gasteiger partial charge in [-0.05, 0) is 12.1 Å². The second-order valence-corrected chi connectivity index (χ2v) is 4.60. The van der Waals surface area contributed by atoms with Gasteiger partial charge in [-0.15, -0.1) is 0 Å². The highest BCUT2D eigenvalue weighted by Gasteiger charge is 2.25. The van der Waals surface area contributed by atoms with Crippen LogP contribution < -0.4 is 5.73 Å². The molecule has 0 saturated heterocycles. The van der Waals surface area contributed by atoms with E-state index >= 15 is 0 Å². The summed E-state index contributed by atoms with van der Waals surface area (Å²) in [6.45, 7) is 0. The fourth-order valence-corrected chi connectivity index (χ4v) is 1.87. The van der Waals surface area contributed by atoms with Gasteiger partial charge in [0.25, 0.3) is 10.1 Å². The fraction of sp³-hybridized carbons (Fsp3) is 0.250. The first-order valence-corrected chi connectivity index (χ1v) is 5.76. The zero-order valence-corrected chi connectivity index (χ0v) is 8.82. The van der Waals surface area contributed by atoms with Crippen molar-refractivity contribution in [2.75, 3.05) is 5.75 Å². The van der Waals surface area contributed by atoms with Gasteiger partial charge in [-0.3, -0.25) is 14.3 Å². The fourth-order valence-electron chi connectivity index (χ4n) is 1.12. The van der Waals surface area contributed by atoms with Crippen molar-refractivity contribution in [2.24, 2.45) is 5.73 Å². The van der Waals surface area contributed by atoms with E-state index in [-0.39, 0.29) is 5.69 Å². The lowest BCUT2D eigenvalue weighted by Crippen LogP contribution is -2.28. The summed E-state index contributed by atoms with van der Waals surface area (Å²) in [5, 5.41) is 0. The Balaban J connectivity index is 3.03. The average molecular weight is 248 g/mol. The minimum absolute atomic E-state index is 0.00785. The molecule has 0 spiro atoms. The van der Waals surface area contributed by atoms with E-state index in [4.69, 9.17) is 10.3 Å². The lowest BCUT2D eigenvalue weighted by atomic mass is 10.1. The van der Waals surface area contributed by atoms with Crippen molar-refractivity contribution < 1.29 is 22.2 Å². The van der Waals surface area contributed by atoms with E-state index in [0.717, 1.165) is 18.3 Å². The van der Waals surface area contributed by atoms with Crippen LogP contribution in [0.3, 0.4) is 0 Å². The van der Waals surface area contributed by atoms with E-state index in [2.05, 4.69) is 4.98 Å². The smallest absolute Gasteiger partial charge is 0.266 e. The highest BCUT2D eigenvalue weighted by atomic mass is 32.2. The summed E-state index contributed by atoms with van der Waals surface area (Å²) in [5.74, 6) is -3.76. The zero-order chi connectivity index (χ0) is 12.3. The summed E-state index contributed by atoms with van der Waals surface area (Å²) in [6.07, 6.45) is 0.829. The molecule has 0 fully saturated rings. The zero-order valence-electron chi connectivity index (χ0n) is 8.00. The maximum Gasteiger partial charge on any atom is 0.266 e. The minimum atomic E-state index is -4.36. The minimum Gasteiger partial charge on any atom is -0.369 e. The maximum absolute atomic E-state index is 12.5. The number of hydrogen-bond donors (Lipinski definition) is 2. The van der Waals surface area contributed by atoms with Gasteiger partial charge in [-0.2, -0.15) is 8.42 Å². The predicted molar refractivity (Wildman–Crippen MR) is 52.5 cm³/mol. The molecule has 1 atom stereocenters. The number of pyridine rings is 1. The molecule has 0 radical (unpaired) electrons. The summed E-state index contributed by atoms with van der Waals surface area (Å²) in [7, 11) is -4.36. The van der Waals surface area contributed by atoms with Gasteiger partial charge >= 0.3 is 0 Å². The van der Waals surface area contributed by atoms with E-state index in [1.165, 1.54) is 0 Å². The summed E-state index contributed by atoms with van der Waals surface area (Å²) in [6, 6.07) is 2.15. The van der Waals surface area contributed by atoms with Crippen molar-refractivity contribution >= 4 is 16.0 Å². The first-order valence-electron chi connectivity index (χ1n) is 4.15. The number of primary amides is 1. The van der Waals surface area contributed by atoms with Crippen molar-refractivity contribution in [3.05, 3.63) is 29.8 Å². The molecular formula is C8H9FN2O4S. The van der Waals surface area contributed by atoms with Gasteiger partial charge in [0.2, 0.25) is 5.91 Å². The van der Waals surface area contributed by atoms with Crippen LogP contribution in [0, 0.1) is 5.82 Å². The average Bonchev–Trinajstić information content (AvgIpc) is 2.14. The van der Waals surface area contributed by atoms with E-state index < -0.39 is 33.5 Å². The van der Waals surface area contributed by atoms with Gasteiger partial charge in [0.05, 0.1) is 23.6 Å². The predicted octanol–water partition coefficient (Wildman–Crippen LogP) is -0.323. The third kappa shape index (κ3) is 3.55. The van der Waals surface area contributed by atoms with Crippen LogP contribution in [0.25, 0.3) is 0 Å². The summed E-state index contributed by atoms with van der Waals surface area (Å²) in [5.41, 5.74) is 4.96. The molecule has 1 heterocycles. The van der Waals surface area contributed by atoms with Gasteiger partial charge in [0, 0.05) is 0 Å². The number of carbonyl (C=O) groups excluding carboxylic acids is 1. The molecular weight excluding hydrogens is 239 g/mol. The summed E-state index contributed by atoms with van der Waals surface area (Å²) < 4.78 is 42.4. The maximum atomic E-state index is 12.5. The lowest BCUT2D eigenvalue weighted by molar-refractivity contribution is -0.119. The molecule has 0 aliphatic carbocycles. The number of carbonyl (C=O) groups is 1. The van der Waals surface area contributed by atoms with Crippen molar-refractivity contribution in [3.8, 4) is 0 Å². The quantitative estimate of drug-likeness (QED) is 0.709. The Morgan fingerprint density at radius 1 is 1.56 bits per heavy atom. The highest BCUT2D eigenvalue weighted by molar-refractivity contribution is 7.85. The molecule has 0 aliphatic rings. The number of nitrogens with zero attached hydrogens (tertiary/aromatic N) is 1. The summed E-state index contributed by atoms with van der Waals surface area (Å²) in [4.78, 5) is 14.5. The van der Waals surface area contributed by atoms with Crippen LogP contribution in [0.2, 0.25) is 0 Å². The van der Waals surface area contributed by atoms with Crippen LogP contribution in [0.15, 0.2) is 18.3 Å². The Kier molecular flexibility index (Phi) is 3.55. The molecule has 8 heteroatoms. The second kappa shape index (κ2) is 4.54. The molecule has 1 amide bonds. The first kappa shape index (κ1) is 12.5. The van der Waals surface area contributed by atoms with Crippen LogP contribution in [0.1, 0.15) is 11.6 Å². The third-order valence-electron chi connectivity index (χ3n) is 1.83. The first-order chi connectivity index (χ1) is 7.29. The van der Waals surface area contributed by atoms with E-state index in [1.54, 1.807) is 0 Å². The number of rotatable bonds is 4. The largest absolute Gasteiger partial charge is 0.369 e. The standard InChI is InChI=1S/C8H9FN2O4S/c9-5-1-2-7(11-3-5)6(8(10)12)4-16(13,14)15/h1-3,6H,4H2,(H2,10,12)(H,13,14,15). The molecule has 1 aromatic rings. The van der Waals surface area contributed by atoms with E-state index in [0.29, 0.717) is 0 Å². The lowest BCUT2D eigenvalue weighted by Gasteiger charge is -2.10. The molecule has 16 heavy (non-hydrogen) atoms. The second-order valence-electron chi connectivity index (χ2n) is 3.10. The monoisotopic (exact) mass is 248 g/mol. The highest BCUT2D eigenvalue weighted by Crippen LogP contribution is 2.15. The van der Waals surface area contributed by atoms with Crippen LogP contribution >= 0.6 is 0 Å². The summed E-state index contributed by atoms with van der Waals surface area (Å²) >= 11 is 0. The van der Waals surface area contributed by atoms with Crippen molar-refractivity contribution in [1.29, 1.82) is 0 Å². The number of aromatic nitrogens is 1.